The van der Waals surface area contributed by atoms with Gasteiger partial charge in [-0.3, -0.25) is 0 Å². The number of ether oxygens (including phenoxy) is 1. The summed E-state index contributed by atoms with van der Waals surface area (Å²) in [6.07, 6.45) is 0. The van der Waals surface area contributed by atoms with Crippen LogP contribution in [0.25, 0.3) is 0 Å². The molecule has 0 spiro atoms. The predicted octanol–water partition coefficient (Wildman–Crippen LogP) is 3.66. The van der Waals surface area contributed by atoms with Gasteiger partial charge in [-0.15, -0.1) is 0 Å². The maximum atomic E-state index is 11.7. The second-order valence-electron chi connectivity index (χ2n) is 6.52. The summed E-state index contributed by atoms with van der Waals surface area (Å²) in [5, 5.41) is 3.24. The Morgan fingerprint density at radius 3 is 2.16 bits per heavy atom. The number of rotatable bonds is 3. The highest BCUT2D eigenvalue weighted by Gasteiger charge is 2.29. The Labute approximate surface area is 116 Å². The average molecular weight is 263 g/mol. The minimum absolute atomic E-state index is 0.126. The third-order valence-corrected chi connectivity index (χ3v) is 3.24. The van der Waals surface area contributed by atoms with Gasteiger partial charge < -0.3 is 10.1 Å². The van der Waals surface area contributed by atoms with E-state index in [0.717, 1.165) is 11.3 Å². The van der Waals surface area contributed by atoms with Gasteiger partial charge in [0.15, 0.2) is 0 Å². The van der Waals surface area contributed by atoms with Crippen molar-refractivity contribution < 1.29 is 9.53 Å². The van der Waals surface area contributed by atoms with Gasteiger partial charge >= 0.3 is 5.97 Å². The lowest BCUT2D eigenvalue weighted by Gasteiger charge is -2.27. The van der Waals surface area contributed by atoms with Crippen molar-refractivity contribution in [1.29, 1.82) is 0 Å². The first-order valence-corrected chi connectivity index (χ1v) is 6.55. The molecule has 1 rings (SSSR count). The molecule has 0 saturated carbocycles. The number of aryl methyl sites for hydroxylation is 1. The number of anilines is 1. The zero-order valence-corrected chi connectivity index (χ0v) is 13.0. The lowest BCUT2D eigenvalue weighted by atomic mass is 9.86. The number of nitrogens with one attached hydrogen (secondary N) is 1. The quantitative estimate of drug-likeness (QED) is 0.846. The topological polar surface area (TPSA) is 38.3 Å². The van der Waals surface area contributed by atoms with E-state index in [1.54, 1.807) is 0 Å². The first-order valence-electron chi connectivity index (χ1n) is 6.55. The monoisotopic (exact) mass is 263 g/mol. The fraction of sp³-hybridized carbons (Fsp3) is 0.562. The van der Waals surface area contributed by atoms with Crippen LogP contribution in [0.2, 0.25) is 0 Å². The highest BCUT2D eigenvalue weighted by atomic mass is 16.5. The number of benzene rings is 1. The second kappa shape index (κ2) is 5.24. The van der Waals surface area contributed by atoms with Crippen LogP contribution in [0.5, 0.6) is 0 Å². The lowest BCUT2D eigenvalue weighted by molar-refractivity contribution is -0.144. The molecule has 0 saturated heterocycles. The van der Waals surface area contributed by atoms with Gasteiger partial charge in [0.25, 0.3) is 0 Å². The number of methoxy groups -OCH3 is 1. The molecule has 0 heterocycles. The Morgan fingerprint density at radius 2 is 1.74 bits per heavy atom. The van der Waals surface area contributed by atoms with E-state index in [2.05, 4.69) is 38.2 Å². The summed E-state index contributed by atoms with van der Waals surface area (Å²) in [5.74, 6) is -0.271. The molecule has 0 unspecified atom stereocenters. The van der Waals surface area contributed by atoms with Gasteiger partial charge in [-0.1, -0.05) is 32.9 Å². The van der Waals surface area contributed by atoms with Crippen LogP contribution in [0.1, 0.15) is 45.7 Å². The minimum atomic E-state index is -0.733. The molecule has 0 radical (unpaired) electrons. The Hall–Kier alpha value is -1.51. The van der Waals surface area contributed by atoms with E-state index in [4.69, 9.17) is 4.74 Å². The van der Waals surface area contributed by atoms with Crippen molar-refractivity contribution >= 4 is 11.7 Å². The molecule has 1 aromatic rings. The van der Waals surface area contributed by atoms with E-state index in [1.165, 1.54) is 12.7 Å². The molecule has 0 aliphatic heterocycles. The SMILES string of the molecule is COC(=O)C(C)(C)Nc1ccc(C(C)(C)C)cc1C. The molecule has 0 aromatic heterocycles. The van der Waals surface area contributed by atoms with Crippen LogP contribution in [0.3, 0.4) is 0 Å². The predicted molar refractivity (Wildman–Crippen MR) is 79.6 cm³/mol. The molecule has 106 valence electrons. The van der Waals surface area contributed by atoms with Crippen molar-refractivity contribution in [2.75, 3.05) is 12.4 Å². The highest BCUT2D eigenvalue weighted by molar-refractivity contribution is 5.83. The van der Waals surface area contributed by atoms with E-state index in [1.807, 2.05) is 26.8 Å². The molecule has 3 heteroatoms. The van der Waals surface area contributed by atoms with E-state index < -0.39 is 5.54 Å². The molecule has 3 nitrogen and oxygen atoms in total. The Bertz CT molecular complexity index is 470. The average Bonchev–Trinajstić information content (AvgIpc) is 2.29. The summed E-state index contributed by atoms with van der Waals surface area (Å²) < 4.78 is 4.80. The van der Waals surface area contributed by atoms with Gasteiger partial charge in [-0.2, -0.15) is 0 Å². The van der Waals surface area contributed by atoms with Crippen LogP contribution in [-0.4, -0.2) is 18.6 Å². The largest absolute Gasteiger partial charge is 0.467 e. The molecular formula is C16H25NO2. The van der Waals surface area contributed by atoms with Crippen molar-refractivity contribution in [3.8, 4) is 0 Å². The standard InChI is InChI=1S/C16H25NO2/c1-11-10-12(15(2,3)4)8-9-13(11)17-16(5,6)14(18)19-7/h8-10,17H,1-7H3. The number of hydrogen-bond acceptors (Lipinski definition) is 3. The number of hydrogen-bond donors (Lipinski definition) is 1. The molecule has 0 amide bonds. The Morgan fingerprint density at radius 1 is 1.16 bits per heavy atom. The summed E-state index contributed by atoms with van der Waals surface area (Å²) in [6.45, 7) is 12.2. The molecule has 0 atom stereocenters. The summed E-state index contributed by atoms with van der Waals surface area (Å²) in [6, 6.07) is 6.29. The van der Waals surface area contributed by atoms with Crippen LogP contribution >= 0.6 is 0 Å². The third-order valence-electron chi connectivity index (χ3n) is 3.24. The molecule has 0 aliphatic rings. The van der Waals surface area contributed by atoms with E-state index in [-0.39, 0.29) is 11.4 Å². The number of esters is 1. The number of carbonyl (C=O) groups is 1. The Kier molecular flexibility index (Phi) is 4.28. The van der Waals surface area contributed by atoms with E-state index in [9.17, 15) is 4.79 Å². The zero-order valence-electron chi connectivity index (χ0n) is 13.0. The first kappa shape index (κ1) is 15.5. The molecule has 19 heavy (non-hydrogen) atoms. The van der Waals surface area contributed by atoms with Crippen LogP contribution < -0.4 is 5.32 Å². The van der Waals surface area contributed by atoms with Crippen LogP contribution in [0.4, 0.5) is 5.69 Å². The van der Waals surface area contributed by atoms with Gasteiger partial charge in [-0.05, 0) is 43.4 Å². The normalized spacial score (nSPS) is 12.2. The molecule has 0 aliphatic carbocycles. The molecule has 1 N–H and O–H groups in total. The summed E-state index contributed by atoms with van der Waals surface area (Å²) in [7, 11) is 1.40. The lowest BCUT2D eigenvalue weighted by Crippen LogP contribution is -2.41. The van der Waals surface area contributed by atoms with Crippen molar-refractivity contribution in [3.05, 3.63) is 29.3 Å². The molecule has 1 aromatic carbocycles. The van der Waals surface area contributed by atoms with Gasteiger partial charge in [0.05, 0.1) is 7.11 Å². The highest BCUT2D eigenvalue weighted by Crippen LogP contribution is 2.28. The van der Waals surface area contributed by atoms with Gasteiger partial charge in [0.2, 0.25) is 0 Å². The van der Waals surface area contributed by atoms with Crippen LogP contribution in [0, 0.1) is 6.92 Å². The Balaban J connectivity index is 3.02. The first-order chi connectivity index (χ1) is 8.58. The van der Waals surface area contributed by atoms with E-state index in [0.29, 0.717) is 0 Å². The molecular weight excluding hydrogens is 238 g/mol. The summed E-state index contributed by atoms with van der Waals surface area (Å²) in [4.78, 5) is 11.7. The van der Waals surface area contributed by atoms with Crippen molar-refractivity contribution in [1.82, 2.24) is 0 Å². The molecule has 0 fully saturated rings. The van der Waals surface area contributed by atoms with Crippen molar-refractivity contribution in [3.63, 3.8) is 0 Å². The third kappa shape index (κ3) is 3.72. The second-order valence-corrected chi connectivity index (χ2v) is 6.52. The fourth-order valence-corrected chi connectivity index (χ4v) is 1.91. The van der Waals surface area contributed by atoms with Gasteiger partial charge in [0, 0.05) is 5.69 Å². The van der Waals surface area contributed by atoms with Gasteiger partial charge in [-0.25, -0.2) is 4.79 Å². The minimum Gasteiger partial charge on any atom is -0.467 e. The zero-order chi connectivity index (χ0) is 14.8. The smallest absolute Gasteiger partial charge is 0.330 e. The summed E-state index contributed by atoms with van der Waals surface area (Å²) in [5.41, 5.74) is 2.77. The van der Waals surface area contributed by atoms with E-state index >= 15 is 0 Å². The fourth-order valence-electron chi connectivity index (χ4n) is 1.91. The summed E-state index contributed by atoms with van der Waals surface area (Å²) >= 11 is 0. The number of carbonyl (C=O) groups excluding carboxylic acids is 1. The maximum Gasteiger partial charge on any atom is 0.330 e. The van der Waals surface area contributed by atoms with Gasteiger partial charge in [0.1, 0.15) is 5.54 Å². The molecule has 0 bridgehead atoms. The van der Waals surface area contributed by atoms with Crippen molar-refractivity contribution in [2.24, 2.45) is 0 Å². The van der Waals surface area contributed by atoms with Crippen LogP contribution in [0.15, 0.2) is 18.2 Å². The van der Waals surface area contributed by atoms with Crippen molar-refractivity contribution in [2.45, 2.75) is 52.5 Å². The van der Waals surface area contributed by atoms with Crippen LogP contribution in [-0.2, 0) is 14.9 Å². The maximum absolute atomic E-state index is 11.7.